The Morgan fingerprint density at radius 3 is 2.52 bits per heavy atom. The third-order valence-electron chi connectivity index (χ3n) is 4.67. The number of rotatable bonds is 8. The molecule has 3 rings (SSSR count). The van der Waals surface area contributed by atoms with Crippen LogP contribution in [0, 0.1) is 13.8 Å². The van der Waals surface area contributed by atoms with Crippen molar-refractivity contribution in [1.82, 2.24) is 5.43 Å². The molecule has 3 aromatic carbocycles. The van der Waals surface area contributed by atoms with Crippen LogP contribution in [0.15, 0.2) is 65.8 Å². The first-order chi connectivity index (χ1) is 15.9. The third kappa shape index (κ3) is 6.57. The lowest BCUT2D eigenvalue weighted by molar-refractivity contribution is -0.118. The van der Waals surface area contributed by atoms with Gasteiger partial charge in [0.05, 0.1) is 18.3 Å². The van der Waals surface area contributed by atoms with E-state index in [0.29, 0.717) is 16.9 Å². The highest BCUT2D eigenvalue weighted by Gasteiger charge is 2.14. The Kier molecular flexibility index (Phi) is 8.05. The number of nitrogens with one attached hydrogen (secondary N) is 2. The molecule has 7 nitrogen and oxygen atoms in total. The zero-order valence-corrected chi connectivity index (χ0v) is 19.3. The lowest BCUT2D eigenvalue weighted by Crippen LogP contribution is -2.21. The molecule has 0 bridgehead atoms. The average Bonchev–Trinajstić information content (AvgIpc) is 2.80. The summed E-state index contributed by atoms with van der Waals surface area (Å²) in [7, 11) is 1.46. The molecular formula is C25H24ClN3O4. The molecule has 0 heterocycles. The first kappa shape index (κ1) is 23.8. The summed E-state index contributed by atoms with van der Waals surface area (Å²) in [4.78, 5) is 24.4. The van der Waals surface area contributed by atoms with Crippen LogP contribution >= 0.6 is 11.6 Å². The van der Waals surface area contributed by atoms with E-state index in [4.69, 9.17) is 21.1 Å². The maximum absolute atomic E-state index is 12.3. The van der Waals surface area contributed by atoms with Crippen LogP contribution < -0.4 is 20.2 Å². The summed E-state index contributed by atoms with van der Waals surface area (Å²) in [5.74, 6) is -0.0907. The molecule has 0 aliphatic carbocycles. The molecule has 0 aromatic heterocycles. The lowest BCUT2D eigenvalue weighted by Gasteiger charge is -2.14. The minimum absolute atomic E-state index is 0.236. The topological polar surface area (TPSA) is 89.0 Å². The highest BCUT2D eigenvalue weighted by molar-refractivity contribution is 6.32. The number of carbonyl (C=O) groups excluding carboxylic acids is 2. The van der Waals surface area contributed by atoms with Crippen molar-refractivity contribution in [2.45, 2.75) is 13.8 Å². The Labute approximate surface area is 197 Å². The summed E-state index contributed by atoms with van der Waals surface area (Å²) in [6, 6.07) is 17.7. The van der Waals surface area contributed by atoms with E-state index in [0.717, 1.165) is 16.8 Å². The van der Waals surface area contributed by atoms with E-state index < -0.39 is 0 Å². The van der Waals surface area contributed by atoms with Crippen LogP contribution in [0.2, 0.25) is 5.02 Å². The van der Waals surface area contributed by atoms with Crippen molar-refractivity contribution in [1.29, 1.82) is 0 Å². The molecule has 33 heavy (non-hydrogen) atoms. The van der Waals surface area contributed by atoms with Gasteiger partial charge >= 0.3 is 0 Å². The van der Waals surface area contributed by atoms with E-state index >= 15 is 0 Å². The van der Waals surface area contributed by atoms with Gasteiger partial charge in [0.25, 0.3) is 11.8 Å². The Bertz CT molecular complexity index is 1180. The van der Waals surface area contributed by atoms with Gasteiger partial charge in [-0.05, 0) is 55.3 Å². The molecule has 0 aliphatic rings. The smallest absolute Gasteiger partial charge is 0.271 e. The Hall–Kier alpha value is -3.84. The van der Waals surface area contributed by atoms with Gasteiger partial charge in [0.1, 0.15) is 0 Å². The monoisotopic (exact) mass is 465 g/mol. The summed E-state index contributed by atoms with van der Waals surface area (Å²) in [5, 5.41) is 7.01. The second-order valence-electron chi connectivity index (χ2n) is 7.25. The van der Waals surface area contributed by atoms with E-state index in [2.05, 4.69) is 15.8 Å². The number of hydrogen-bond donors (Lipinski definition) is 2. The molecule has 0 saturated heterocycles. The number of methoxy groups -OCH3 is 1. The molecule has 0 fully saturated rings. The molecular weight excluding hydrogens is 442 g/mol. The van der Waals surface area contributed by atoms with Crippen LogP contribution in [0.5, 0.6) is 11.5 Å². The van der Waals surface area contributed by atoms with Crippen LogP contribution in [0.25, 0.3) is 0 Å². The van der Waals surface area contributed by atoms with Gasteiger partial charge in [0.15, 0.2) is 18.1 Å². The van der Waals surface area contributed by atoms with E-state index in [1.165, 1.54) is 13.3 Å². The second-order valence-corrected chi connectivity index (χ2v) is 7.66. The van der Waals surface area contributed by atoms with Gasteiger partial charge in [0.2, 0.25) is 0 Å². The number of amides is 2. The van der Waals surface area contributed by atoms with Gasteiger partial charge in [0, 0.05) is 11.3 Å². The molecule has 2 N–H and O–H groups in total. The minimum Gasteiger partial charge on any atom is -0.493 e. The van der Waals surface area contributed by atoms with Crippen molar-refractivity contribution in [3.63, 3.8) is 0 Å². The van der Waals surface area contributed by atoms with Crippen LogP contribution in [0.4, 0.5) is 5.69 Å². The molecule has 0 saturated carbocycles. The van der Waals surface area contributed by atoms with Crippen molar-refractivity contribution in [3.8, 4) is 11.5 Å². The van der Waals surface area contributed by atoms with E-state index in [-0.39, 0.29) is 29.2 Å². The number of anilines is 1. The normalized spacial score (nSPS) is 10.7. The summed E-state index contributed by atoms with van der Waals surface area (Å²) in [6.07, 6.45) is 1.44. The van der Waals surface area contributed by atoms with E-state index in [9.17, 15) is 9.59 Å². The number of carbonyl (C=O) groups is 2. The molecule has 170 valence electrons. The highest BCUT2D eigenvalue weighted by Crippen LogP contribution is 2.36. The summed E-state index contributed by atoms with van der Waals surface area (Å²) >= 11 is 6.35. The van der Waals surface area contributed by atoms with Crippen molar-refractivity contribution in [2.75, 3.05) is 19.0 Å². The largest absolute Gasteiger partial charge is 0.493 e. The van der Waals surface area contributed by atoms with Crippen molar-refractivity contribution < 1.29 is 19.1 Å². The summed E-state index contributed by atoms with van der Waals surface area (Å²) in [5.41, 5.74) is 6.32. The molecule has 0 atom stereocenters. The lowest BCUT2D eigenvalue weighted by atomic mass is 10.1. The van der Waals surface area contributed by atoms with Gasteiger partial charge in [-0.25, -0.2) is 5.43 Å². The fraction of sp³-hybridized carbons (Fsp3) is 0.160. The Balaban J connectivity index is 1.63. The predicted octanol–water partition coefficient (Wildman–Crippen LogP) is 4.75. The maximum atomic E-state index is 12.3. The number of aryl methyl sites for hydroxylation is 2. The van der Waals surface area contributed by atoms with E-state index in [1.807, 2.05) is 38.1 Å². The molecule has 3 aromatic rings. The second kappa shape index (κ2) is 11.2. The van der Waals surface area contributed by atoms with Gasteiger partial charge in [-0.2, -0.15) is 5.10 Å². The predicted molar refractivity (Wildman–Crippen MR) is 130 cm³/mol. The standard InChI is InChI=1S/C25H24ClN3O4/c1-16-9-10-21(17(2)11-16)28-23(30)15-33-24-20(26)12-18(13-22(24)32-3)14-27-29-25(31)19-7-5-4-6-8-19/h4-14H,15H2,1-3H3,(H,28,30)(H,29,31)/b27-14+. The summed E-state index contributed by atoms with van der Waals surface area (Å²) in [6.45, 7) is 3.66. The number of halogens is 1. The van der Waals surface area contributed by atoms with E-state index in [1.54, 1.807) is 36.4 Å². The quantitative estimate of drug-likeness (QED) is 0.371. The zero-order valence-electron chi connectivity index (χ0n) is 18.5. The first-order valence-corrected chi connectivity index (χ1v) is 10.5. The Morgan fingerprint density at radius 1 is 1.06 bits per heavy atom. The highest BCUT2D eigenvalue weighted by atomic mass is 35.5. The summed E-state index contributed by atoms with van der Waals surface area (Å²) < 4.78 is 11.0. The van der Waals surface area contributed by atoms with Crippen molar-refractivity contribution >= 4 is 35.3 Å². The van der Waals surface area contributed by atoms with Crippen molar-refractivity contribution in [2.24, 2.45) is 5.10 Å². The van der Waals surface area contributed by atoms with Gasteiger partial charge < -0.3 is 14.8 Å². The average molecular weight is 466 g/mol. The van der Waals surface area contributed by atoms with Gasteiger partial charge in [-0.15, -0.1) is 0 Å². The number of hydrazone groups is 1. The SMILES string of the molecule is COc1cc(/C=N/NC(=O)c2ccccc2)cc(Cl)c1OCC(=O)Nc1ccc(C)cc1C. The van der Waals surface area contributed by atoms with Crippen LogP contribution in [0.1, 0.15) is 27.0 Å². The van der Waals surface area contributed by atoms with Crippen molar-refractivity contribution in [3.05, 3.63) is 87.9 Å². The number of nitrogens with zero attached hydrogens (tertiary/aromatic N) is 1. The fourth-order valence-corrected chi connectivity index (χ4v) is 3.33. The maximum Gasteiger partial charge on any atom is 0.271 e. The fourth-order valence-electron chi connectivity index (χ4n) is 3.05. The van der Waals surface area contributed by atoms with Crippen LogP contribution in [-0.4, -0.2) is 31.7 Å². The molecule has 0 unspecified atom stereocenters. The van der Waals surface area contributed by atoms with Gasteiger partial charge in [-0.1, -0.05) is 47.5 Å². The first-order valence-electron chi connectivity index (χ1n) is 10.1. The third-order valence-corrected chi connectivity index (χ3v) is 4.95. The Morgan fingerprint density at radius 2 is 1.82 bits per heavy atom. The minimum atomic E-state index is -0.334. The van der Waals surface area contributed by atoms with Crippen LogP contribution in [0.3, 0.4) is 0 Å². The number of ether oxygens (including phenoxy) is 2. The number of hydrogen-bond acceptors (Lipinski definition) is 5. The van der Waals surface area contributed by atoms with Gasteiger partial charge in [-0.3, -0.25) is 9.59 Å². The molecule has 8 heteroatoms. The molecule has 0 aliphatic heterocycles. The molecule has 0 radical (unpaired) electrons. The zero-order chi connectivity index (χ0) is 23.8. The molecule has 2 amide bonds. The molecule has 0 spiro atoms. The van der Waals surface area contributed by atoms with Crippen LogP contribution in [-0.2, 0) is 4.79 Å². The number of benzene rings is 3.